The summed E-state index contributed by atoms with van der Waals surface area (Å²) >= 11 is 0. The van der Waals surface area contributed by atoms with E-state index in [0.29, 0.717) is 0 Å². The van der Waals surface area contributed by atoms with Crippen molar-refractivity contribution in [1.82, 2.24) is 4.90 Å². The van der Waals surface area contributed by atoms with E-state index in [1.165, 1.54) is 25.9 Å². The van der Waals surface area contributed by atoms with Crippen molar-refractivity contribution in [1.29, 1.82) is 0 Å². The van der Waals surface area contributed by atoms with E-state index in [4.69, 9.17) is 10.5 Å². The Hall–Kier alpha value is -1.74. The predicted octanol–water partition coefficient (Wildman–Crippen LogP) is 3.29. The molecular weight excluding hydrogens is 248 g/mol. The molecule has 0 amide bonds. The van der Waals surface area contributed by atoms with Gasteiger partial charge in [-0.1, -0.05) is 24.3 Å². The molecule has 0 saturated carbocycles. The topological polar surface area (TPSA) is 38.5 Å². The van der Waals surface area contributed by atoms with Crippen LogP contribution in [0.25, 0.3) is 10.8 Å². The van der Waals surface area contributed by atoms with Gasteiger partial charge in [-0.25, -0.2) is 0 Å². The van der Waals surface area contributed by atoms with Gasteiger partial charge in [0.05, 0.1) is 6.61 Å². The van der Waals surface area contributed by atoms with Gasteiger partial charge >= 0.3 is 0 Å². The number of hydrogen-bond donors (Lipinski definition) is 1. The molecule has 1 aliphatic rings. The van der Waals surface area contributed by atoms with E-state index >= 15 is 0 Å². The molecule has 20 heavy (non-hydrogen) atoms. The molecule has 3 heteroatoms. The van der Waals surface area contributed by atoms with Gasteiger partial charge in [-0.05, 0) is 44.5 Å². The van der Waals surface area contributed by atoms with Gasteiger partial charge in [0.1, 0.15) is 5.75 Å². The number of benzene rings is 2. The molecule has 2 aromatic carbocycles. The third kappa shape index (κ3) is 2.88. The number of fused-ring (bicyclic) bond motifs is 1. The first-order valence-electron chi connectivity index (χ1n) is 7.47. The van der Waals surface area contributed by atoms with E-state index in [2.05, 4.69) is 11.0 Å². The first-order valence-corrected chi connectivity index (χ1v) is 7.47. The maximum Gasteiger partial charge on any atom is 0.127 e. The van der Waals surface area contributed by atoms with Gasteiger partial charge in [-0.15, -0.1) is 0 Å². The van der Waals surface area contributed by atoms with Crippen LogP contribution in [0.5, 0.6) is 5.75 Å². The number of nitrogens with zero attached hydrogens (tertiary/aromatic N) is 1. The second kappa shape index (κ2) is 6.14. The van der Waals surface area contributed by atoms with Crippen LogP contribution < -0.4 is 10.5 Å². The highest BCUT2D eigenvalue weighted by atomic mass is 16.5. The molecule has 2 N–H and O–H groups in total. The summed E-state index contributed by atoms with van der Waals surface area (Å²) in [6, 6.07) is 12.1. The van der Waals surface area contributed by atoms with E-state index < -0.39 is 0 Å². The lowest BCUT2D eigenvalue weighted by Gasteiger charge is -2.15. The molecule has 1 heterocycles. The maximum absolute atomic E-state index is 6.00. The number of likely N-dealkylation sites (tertiary alicyclic amines) is 1. The Labute approximate surface area is 120 Å². The molecule has 1 saturated heterocycles. The quantitative estimate of drug-likeness (QED) is 0.669. The second-order valence-electron chi connectivity index (χ2n) is 5.45. The van der Waals surface area contributed by atoms with Gasteiger partial charge in [0.2, 0.25) is 0 Å². The smallest absolute Gasteiger partial charge is 0.127 e. The summed E-state index contributed by atoms with van der Waals surface area (Å²) in [5, 5.41) is 2.18. The van der Waals surface area contributed by atoms with Gasteiger partial charge in [0.25, 0.3) is 0 Å². The second-order valence-corrected chi connectivity index (χ2v) is 5.45. The van der Waals surface area contributed by atoms with Crippen molar-refractivity contribution < 1.29 is 4.74 Å². The highest BCUT2D eigenvalue weighted by Gasteiger charge is 2.10. The van der Waals surface area contributed by atoms with Crippen molar-refractivity contribution in [2.45, 2.75) is 19.3 Å². The Balaban J connectivity index is 1.61. The Morgan fingerprint density at radius 3 is 2.55 bits per heavy atom. The zero-order valence-electron chi connectivity index (χ0n) is 11.8. The molecule has 106 valence electrons. The van der Waals surface area contributed by atoms with Gasteiger partial charge in [-0.3, -0.25) is 0 Å². The summed E-state index contributed by atoms with van der Waals surface area (Å²) in [5.74, 6) is 0.941. The standard InChI is InChI=1S/C17H22N2O/c18-16-8-9-17(15-7-2-1-6-14(15)16)20-13-5-12-19-10-3-4-11-19/h1-2,6-9H,3-5,10-13,18H2. The Bertz CT molecular complexity index is 576. The van der Waals surface area contributed by atoms with Crippen molar-refractivity contribution in [2.24, 2.45) is 0 Å². The molecule has 2 aromatic rings. The van der Waals surface area contributed by atoms with Gasteiger partial charge in [0, 0.05) is 23.0 Å². The number of ether oxygens (including phenoxy) is 1. The Morgan fingerprint density at radius 2 is 1.75 bits per heavy atom. The predicted molar refractivity (Wildman–Crippen MR) is 84.1 cm³/mol. The highest BCUT2D eigenvalue weighted by Crippen LogP contribution is 2.29. The van der Waals surface area contributed by atoms with Crippen molar-refractivity contribution in [3.63, 3.8) is 0 Å². The average molecular weight is 270 g/mol. The van der Waals surface area contributed by atoms with E-state index in [1.807, 2.05) is 30.3 Å². The normalized spacial score (nSPS) is 15.8. The minimum atomic E-state index is 0.768. The zero-order chi connectivity index (χ0) is 13.8. The highest BCUT2D eigenvalue weighted by molar-refractivity contribution is 5.96. The first kappa shape index (κ1) is 13.3. The first-order chi connectivity index (χ1) is 9.84. The van der Waals surface area contributed by atoms with Crippen molar-refractivity contribution in [3.05, 3.63) is 36.4 Å². The molecule has 1 aliphatic heterocycles. The van der Waals surface area contributed by atoms with Crippen LogP contribution in [0, 0.1) is 0 Å². The molecule has 1 fully saturated rings. The number of anilines is 1. The van der Waals surface area contributed by atoms with E-state index in [1.54, 1.807) is 0 Å². The summed E-state index contributed by atoms with van der Waals surface area (Å²) in [6.07, 6.45) is 3.78. The van der Waals surface area contributed by atoms with Crippen LogP contribution in [0.1, 0.15) is 19.3 Å². The fourth-order valence-electron chi connectivity index (χ4n) is 2.90. The molecule has 0 radical (unpaired) electrons. The summed E-state index contributed by atoms with van der Waals surface area (Å²) in [5.41, 5.74) is 6.81. The molecular formula is C17H22N2O. The van der Waals surface area contributed by atoms with Gasteiger partial charge < -0.3 is 15.4 Å². The van der Waals surface area contributed by atoms with Crippen LogP contribution in [-0.4, -0.2) is 31.1 Å². The summed E-state index contributed by atoms with van der Waals surface area (Å²) in [7, 11) is 0. The molecule has 0 atom stereocenters. The summed E-state index contributed by atoms with van der Waals surface area (Å²) in [6.45, 7) is 4.42. The largest absolute Gasteiger partial charge is 0.493 e. The Morgan fingerprint density at radius 1 is 1.00 bits per heavy atom. The lowest BCUT2D eigenvalue weighted by Crippen LogP contribution is -2.21. The molecule has 0 bridgehead atoms. The molecule has 0 unspecified atom stereocenters. The van der Waals surface area contributed by atoms with Gasteiger partial charge in [-0.2, -0.15) is 0 Å². The number of nitrogen functional groups attached to an aromatic ring is 1. The number of nitrogens with two attached hydrogens (primary N) is 1. The fourth-order valence-corrected chi connectivity index (χ4v) is 2.90. The van der Waals surface area contributed by atoms with Crippen LogP contribution >= 0.6 is 0 Å². The lowest BCUT2D eigenvalue weighted by atomic mass is 10.1. The average Bonchev–Trinajstić information content (AvgIpc) is 2.99. The third-order valence-electron chi connectivity index (χ3n) is 3.99. The van der Waals surface area contributed by atoms with Crippen LogP contribution in [0.4, 0.5) is 5.69 Å². The van der Waals surface area contributed by atoms with Crippen LogP contribution in [0.3, 0.4) is 0 Å². The third-order valence-corrected chi connectivity index (χ3v) is 3.99. The van der Waals surface area contributed by atoms with E-state index in [-0.39, 0.29) is 0 Å². The number of rotatable bonds is 5. The minimum absolute atomic E-state index is 0.768. The monoisotopic (exact) mass is 270 g/mol. The van der Waals surface area contributed by atoms with Crippen LogP contribution in [-0.2, 0) is 0 Å². The van der Waals surface area contributed by atoms with Crippen LogP contribution in [0.2, 0.25) is 0 Å². The van der Waals surface area contributed by atoms with E-state index in [0.717, 1.165) is 41.8 Å². The fraction of sp³-hybridized carbons (Fsp3) is 0.412. The zero-order valence-corrected chi connectivity index (χ0v) is 11.8. The minimum Gasteiger partial charge on any atom is -0.493 e. The molecule has 0 aliphatic carbocycles. The van der Waals surface area contributed by atoms with Crippen LogP contribution in [0.15, 0.2) is 36.4 Å². The van der Waals surface area contributed by atoms with Crippen molar-refractivity contribution in [3.8, 4) is 5.75 Å². The summed E-state index contributed by atoms with van der Waals surface area (Å²) < 4.78 is 5.95. The SMILES string of the molecule is Nc1ccc(OCCCN2CCCC2)c2ccccc12. The lowest BCUT2D eigenvalue weighted by molar-refractivity contribution is 0.265. The number of hydrogen-bond acceptors (Lipinski definition) is 3. The van der Waals surface area contributed by atoms with Crippen molar-refractivity contribution in [2.75, 3.05) is 32.0 Å². The maximum atomic E-state index is 6.00. The molecule has 0 spiro atoms. The summed E-state index contributed by atoms with van der Waals surface area (Å²) in [4.78, 5) is 2.52. The van der Waals surface area contributed by atoms with Gasteiger partial charge in [0.15, 0.2) is 0 Å². The molecule has 3 rings (SSSR count). The van der Waals surface area contributed by atoms with Crippen molar-refractivity contribution >= 4 is 16.5 Å². The Kier molecular flexibility index (Phi) is 4.07. The molecule has 3 nitrogen and oxygen atoms in total. The molecule has 0 aromatic heterocycles. The van der Waals surface area contributed by atoms with E-state index in [9.17, 15) is 0 Å².